The quantitative estimate of drug-likeness (QED) is 0.819. The molecule has 1 amide bonds. The third kappa shape index (κ3) is 3.27. The molecule has 5 nitrogen and oxygen atoms in total. The van der Waals surface area contributed by atoms with Gasteiger partial charge in [-0.2, -0.15) is 4.99 Å². The number of pyridine rings is 1. The highest BCUT2D eigenvalue weighted by molar-refractivity contribution is 6.07. The van der Waals surface area contributed by atoms with Crippen LogP contribution in [0.5, 0.6) is 0 Å². The molecular formula is C18H16N4O. The van der Waals surface area contributed by atoms with E-state index in [1.807, 2.05) is 36.4 Å². The van der Waals surface area contributed by atoms with E-state index in [2.05, 4.69) is 19.7 Å². The molecule has 0 spiro atoms. The first-order valence-corrected chi connectivity index (χ1v) is 7.37. The molecule has 0 radical (unpaired) electrons. The molecule has 0 N–H and O–H groups in total. The number of amidine groups is 1. The number of benzene rings is 1. The van der Waals surface area contributed by atoms with Crippen LogP contribution < -0.4 is 0 Å². The van der Waals surface area contributed by atoms with E-state index < -0.39 is 0 Å². The number of carbonyl (C=O) groups is 1. The van der Waals surface area contributed by atoms with Crippen molar-refractivity contribution in [3.05, 3.63) is 76.4 Å². The third-order valence-corrected chi connectivity index (χ3v) is 3.68. The van der Waals surface area contributed by atoms with Crippen LogP contribution in [0, 0.1) is 6.57 Å². The molecule has 23 heavy (non-hydrogen) atoms. The second-order valence-electron chi connectivity index (χ2n) is 5.44. The van der Waals surface area contributed by atoms with Crippen molar-refractivity contribution in [1.29, 1.82) is 0 Å². The second-order valence-corrected chi connectivity index (χ2v) is 5.44. The van der Waals surface area contributed by atoms with E-state index in [1.165, 1.54) is 6.92 Å². The van der Waals surface area contributed by atoms with Gasteiger partial charge in [0.15, 0.2) is 0 Å². The zero-order valence-electron chi connectivity index (χ0n) is 12.9. The number of fused-ring (bicyclic) bond motifs is 1. The van der Waals surface area contributed by atoms with E-state index >= 15 is 0 Å². The predicted octanol–water partition coefficient (Wildman–Crippen LogP) is 2.81. The summed E-state index contributed by atoms with van der Waals surface area (Å²) in [4.78, 5) is 25.5. The highest BCUT2D eigenvalue weighted by Crippen LogP contribution is 2.26. The molecule has 0 saturated heterocycles. The Hall–Kier alpha value is -3.00. The number of hydrogen-bond donors (Lipinski definition) is 0. The summed E-state index contributed by atoms with van der Waals surface area (Å²) < 4.78 is 0. The summed E-state index contributed by atoms with van der Waals surface area (Å²) in [6, 6.07) is 11.7. The molecule has 0 unspecified atom stereocenters. The molecule has 2 aromatic rings. The van der Waals surface area contributed by atoms with Crippen LogP contribution in [0.1, 0.15) is 29.3 Å². The first kappa shape index (κ1) is 14.9. The third-order valence-electron chi connectivity index (χ3n) is 3.68. The van der Waals surface area contributed by atoms with Gasteiger partial charge in [0, 0.05) is 30.8 Å². The highest BCUT2D eigenvalue weighted by atomic mass is 16.1. The minimum Gasteiger partial charge on any atom is -0.346 e. The Morgan fingerprint density at radius 1 is 1.39 bits per heavy atom. The first-order chi connectivity index (χ1) is 11.2. The molecule has 0 aliphatic carbocycles. The number of aliphatic imine (C=N–C) groups is 1. The molecule has 114 valence electrons. The summed E-state index contributed by atoms with van der Waals surface area (Å²) in [5.41, 5.74) is 3.98. The van der Waals surface area contributed by atoms with Gasteiger partial charge in [-0.05, 0) is 23.8 Å². The molecule has 2 heterocycles. The molecule has 1 aliphatic heterocycles. The predicted molar refractivity (Wildman–Crippen MR) is 87.5 cm³/mol. The zero-order chi connectivity index (χ0) is 16.2. The van der Waals surface area contributed by atoms with Crippen molar-refractivity contribution in [2.75, 3.05) is 0 Å². The van der Waals surface area contributed by atoms with Crippen LogP contribution in [0.15, 0.2) is 47.6 Å². The van der Waals surface area contributed by atoms with Crippen LogP contribution >= 0.6 is 0 Å². The normalized spacial score (nSPS) is 14.6. The Morgan fingerprint density at radius 3 is 2.96 bits per heavy atom. The molecule has 0 atom stereocenters. The van der Waals surface area contributed by atoms with Gasteiger partial charge in [0.25, 0.3) is 0 Å². The fourth-order valence-electron chi connectivity index (χ4n) is 2.73. The Morgan fingerprint density at radius 2 is 2.26 bits per heavy atom. The lowest BCUT2D eigenvalue weighted by Crippen LogP contribution is -2.25. The van der Waals surface area contributed by atoms with Gasteiger partial charge >= 0.3 is 0 Å². The van der Waals surface area contributed by atoms with E-state index in [4.69, 9.17) is 6.57 Å². The van der Waals surface area contributed by atoms with Gasteiger partial charge in [-0.25, -0.2) is 6.57 Å². The number of carbonyl (C=O) groups excluding carboxylic acids is 1. The minimum absolute atomic E-state index is 0.218. The molecule has 3 rings (SSSR count). The van der Waals surface area contributed by atoms with Gasteiger partial charge in [0.2, 0.25) is 12.5 Å². The average molecular weight is 304 g/mol. The lowest BCUT2D eigenvalue weighted by Gasteiger charge is -2.18. The zero-order valence-corrected chi connectivity index (χ0v) is 12.9. The number of hydrogen-bond acceptors (Lipinski definition) is 2. The van der Waals surface area contributed by atoms with Gasteiger partial charge < -0.3 is 9.74 Å². The summed E-state index contributed by atoms with van der Waals surface area (Å²) in [6.07, 6.45) is 1.76. The lowest BCUT2D eigenvalue weighted by atomic mass is 10.1. The molecule has 1 aromatic carbocycles. The van der Waals surface area contributed by atoms with Crippen LogP contribution in [0.25, 0.3) is 4.85 Å². The monoisotopic (exact) mass is 304 g/mol. The molecule has 1 aliphatic rings. The summed E-state index contributed by atoms with van der Waals surface area (Å²) in [6.45, 7) is 10.1. The second kappa shape index (κ2) is 6.41. The van der Waals surface area contributed by atoms with Crippen LogP contribution in [0.4, 0.5) is 0 Å². The van der Waals surface area contributed by atoms with Crippen LogP contribution in [0.2, 0.25) is 0 Å². The minimum atomic E-state index is -0.218. The van der Waals surface area contributed by atoms with Crippen molar-refractivity contribution in [3.63, 3.8) is 0 Å². The van der Waals surface area contributed by atoms with E-state index in [0.29, 0.717) is 25.5 Å². The number of rotatable bonds is 3. The van der Waals surface area contributed by atoms with Gasteiger partial charge in [0.05, 0.1) is 12.2 Å². The largest absolute Gasteiger partial charge is 0.346 e. The van der Waals surface area contributed by atoms with Gasteiger partial charge in [-0.3, -0.25) is 9.78 Å². The van der Waals surface area contributed by atoms with Crippen LogP contribution in [-0.2, 0) is 24.4 Å². The Bertz CT molecular complexity index is 806. The Balaban J connectivity index is 1.95. The summed E-state index contributed by atoms with van der Waals surface area (Å²) in [5.74, 6) is 0.469. The van der Waals surface area contributed by atoms with Crippen molar-refractivity contribution in [3.8, 4) is 0 Å². The highest BCUT2D eigenvalue weighted by Gasteiger charge is 2.26. The lowest BCUT2D eigenvalue weighted by molar-refractivity contribution is -0.115. The Kier molecular flexibility index (Phi) is 4.15. The SMILES string of the molecule is [C-]#[N+]Cc1ccc2c(c1)CN(Cc1ccccn1)C2=NC(C)=O. The van der Waals surface area contributed by atoms with Gasteiger partial charge in [-0.1, -0.05) is 18.2 Å². The maximum Gasteiger partial charge on any atom is 0.244 e. The van der Waals surface area contributed by atoms with Crippen LogP contribution in [-0.4, -0.2) is 21.6 Å². The van der Waals surface area contributed by atoms with E-state index in [1.54, 1.807) is 6.20 Å². The average Bonchev–Trinajstić information content (AvgIpc) is 2.85. The number of aromatic nitrogens is 1. The van der Waals surface area contributed by atoms with E-state index in [-0.39, 0.29) is 5.91 Å². The molecule has 5 heteroatoms. The molecule has 0 saturated carbocycles. The van der Waals surface area contributed by atoms with E-state index in [0.717, 1.165) is 22.4 Å². The smallest absolute Gasteiger partial charge is 0.244 e. The van der Waals surface area contributed by atoms with Crippen LogP contribution in [0.3, 0.4) is 0 Å². The standard InChI is InChI=1S/C18H16N4O/c1-13(23)21-18-17-7-6-14(10-19-2)9-15(17)11-22(18)12-16-5-3-4-8-20-16/h3-9H,10-12H2,1H3. The first-order valence-electron chi connectivity index (χ1n) is 7.37. The molecule has 0 bridgehead atoms. The molecular weight excluding hydrogens is 288 g/mol. The maximum absolute atomic E-state index is 11.5. The van der Waals surface area contributed by atoms with Crippen molar-refractivity contribution in [2.24, 2.45) is 4.99 Å². The van der Waals surface area contributed by atoms with Crippen molar-refractivity contribution in [1.82, 2.24) is 9.88 Å². The molecule has 0 fully saturated rings. The summed E-state index contributed by atoms with van der Waals surface area (Å²) in [5, 5.41) is 0. The van der Waals surface area contributed by atoms with Crippen molar-refractivity contribution in [2.45, 2.75) is 26.6 Å². The Labute approximate surface area is 135 Å². The number of nitrogens with zero attached hydrogens (tertiary/aromatic N) is 4. The molecule has 1 aromatic heterocycles. The van der Waals surface area contributed by atoms with E-state index in [9.17, 15) is 4.79 Å². The fourth-order valence-corrected chi connectivity index (χ4v) is 2.73. The fraction of sp³-hybridized carbons (Fsp3) is 0.222. The van der Waals surface area contributed by atoms with Crippen molar-refractivity contribution < 1.29 is 4.79 Å². The summed E-state index contributed by atoms with van der Waals surface area (Å²) >= 11 is 0. The number of amides is 1. The topological polar surface area (TPSA) is 49.9 Å². The maximum atomic E-state index is 11.5. The van der Waals surface area contributed by atoms with Gasteiger partial charge in [-0.15, -0.1) is 0 Å². The van der Waals surface area contributed by atoms with Gasteiger partial charge in [0.1, 0.15) is 5.84 Å². The van der Waals surface area contributed by atoms with Crippen molar-refractivity contribution >= 4 is 11.7 Å². The summed E-state index contributed by atoms with van der Waals surface area (Å²) in [7, 11) is 0.